The molecule has 156 valence electrons. The third-order valence-electron chi connectivity index (χ3n) is 4.78. The summed E-state index contributed by atoms with van der Waals surface area (Å²) in [6, 6.07) is 11.7. The highest BCUT2D eigenvalue weighted by Crippen LogP contribution is 2.24. The third-order valence-corrected chi connectivity index (χ3v) is 6.04. The van der Waals surface area contributed by atoms with Crippen molar-refractivity contribution < 1.29 is 4.79 Å². The van der Waals surface area contributed by atoms with Crippen LogP contribution in [0.5, 0.6) is 0 Å². The van der Waals surface area contributed by atoms with Gasteiger partial charge in [-0.05, 0) is 49.4 Å². The number of carbonyl (C=O) groups is 1. The molecule has 8 heteroatoms. The van der Waals surface area contributed by atoms with Gasteiger partial charge in [-0.2, -0.15) is 0 Å². The summed E-state index contributed by atoms with van der Waals surface area (Å²) in [6.07, 6.45) is 2.15. The van der Waals surface area contributed by atoms with E-state index in [9.17, 15) is 4.79 Å². The lowest BCUT2D eigenvalue weighted by Crippen LogP contribution is -2.48. The van der Waals surface area contributed by atoms with Gasteiger partial charge in [0.2, 0.25) is 0 Å². The number of nitrogens with one attached hydrogen (secondary N) is 3. The van der Waals surface area contributed by atoms with Gasteiger partial charge in [0.1, 0.15) is 0 Å². The molecule has 0 aliphatic carbocycles. The molecule has 1 fully saturated rings. The van der Waals surface area contributed by atoms with E-state index >= 15 is 0 Å². The highest BCUT2D eigenvalue weighted by molar-refractivity contribution is 7.14. The molecule has 3 rings (SSSR count). The van der Waals surface area contributed by atoms with Gasteiger partial charge in [0.05, 0.1) is 22.1 Å². The van der Waals surface area contributed by atoms with Crippen molar-refractivity contribution in [3.63, 3.8) is 0 Å². The van der Waals surface area contributed by atoms with Gasteiger partial charge >= 0.3 is 0 Å². The van der Waals surface area contributed by atoms with Crippen LogP contribution in [-0.4, -0.2) is 50.6 Å². The Bertz CT molecular complexity index is 803. The summed E-state index contributed by atoms with van der Waals surface area (Å²) in [5, 5.41) is 13.6. The summed E-state index contributed by atoms with van der Waals surface area (Å²) in [6.45, 7) is 5.90. The topological polar surface area (TPSA) is 68.8 Å². The van der Waals surface area contributed by atoms with Crippen molar-refractivity contribution in [1.82, 2.24) is 16.0 Å². The molecular formula is C21H28ClN5OS. The van der Waals surface area contributed by atoms with E-state index in [2.05, 4.69) is 50.3 Å². The average molecular weight is 434 g/mol. The fourth-order valence-electron chi connectivity index (χ4n) is 3.29. The molecule has 0 spiro atoms. The average Bonchev–Trinajstić information content (AvgIpc) is 3.27. The normalized spacial score (nSPS) is 15.2. The van der Waals surface area contributed by atoms with Crippen LogP contribution in [0.2, 0.25) is 5.02 Å². The summed E-state index contributed by atoms with van der Waals surface area (Å²) in [5.74, 6) is 0.624. The quantitative estimate of drug-likeness (QED) is 0.356. The standard InChI is InChI=1S/C21H28ClN5OS/c1-2-23-21(25-12-11-24-20(28)17-6-3-4-7-18(17)22)26-16-9-13-27(14-10-16)19-8-5-15-29-19/h3-8,15-16H,2,9-14H2,1H3,(H,24,28)(H2,23,25,26). The summed E-state index contributed by atoms with van der Waals surface area (Å²) in [5.41, 5.74) is 0.487. The van der Waals surface area contributed by atoms with Crippen molar-refractivity contribution in [2.24, 2.45) is 4.99 Å². The molecule has 0 atom stereocenters. The summed E-state index contributed by atoms with van der Waals surface area (Å²) in [7, 11) is 0. The molecule has 0 radical (unpaired) electrons. The van der Waals surface area contributed by atoms with E-state index in [0.29, 0.717) is 29.7 Å². The first kappa shape index (κ1) is 21.5. The van der Waals surface area contributed by atoms with Crippen LogP contribution in [0, 0.1) is 0 Å². The number of hydrogen-bond acceptors (Lipinski definition) is 4. The maximum absolute atomic E-state index is 12.2. The molecule has 2 heterocycles. The summed E-state index contributed by atoms with van der Waals surface area (Å²) < 4.78 is 0. The van der Waals surface area contributed by atoms with E-state index in [1.807, 2.05) is 6.07 Å². The Morgan fingerprint density at radius 1 is 1.21 bits per heavy atom. The van der Waals surface area contributed by atoms with Crippen LogP contribution in [0.15, 0.2) is 46.8 Å². The molecule has 29 heavy (non-hydrogen) atoms. The second-order valence-electron chi connectivity index (χ2n) is 6.85. The molecule has 1 aromatic heterocycles. The minimum Gasteiger partial charge on any atom is -0.363 e. The van der Waals surface area contributed by atoms with E-state index in [-0.39, 0.29) is 5.91 Å². The number of halogens is 1. The summed E-state index contributed by atoms with van der Waals surface area (Å²) >= 11 is 7.86. The molecule has 6 nitrogen and oxygen atoms in total. The van der Waals surface area contributed by atoms with Gasteiger partial charge in [0.25, 0.3) is 5.91 Å². The zero-order valence-electron chi connectivity index (χ0n) is 16.7. The smallest absolute Gasteiger partial charge is 0.252 e. The van der Waals surface area contributed by atoms with Crippen LogP contribution >= 0.6 is 22.9 Å². The Morgan fingerprint density at radius 2 is 2.00 bits per heavy atom. The lowest BCUT2D eigenvalue weighted by molar-refractivity contribution is 0.0955. The Kier molecular flexibility index (Phi) is 8.19. The monoisotopic (exact) mass is 433 g/mol. The van der Waals surface area contributed by atoms with Crippen molar-refractivity contribution in [3.8, 4) is 0 Å². The van der Waals surface area contributed by atoms with Crippen LogP contribution in [0.4, 0.5) is 5.00 Å². The lowest BCUT2D eigenvalue weighted by Gasteiger charge is -2.33. The number of thiophene rings is 1. The number of aliphatic imine (C=N–C) groups is 1. The zero-order chi connectivity index (χ0) is 20.5. The van der Waals surface area contributed by atoms with Crippen LogP contribution in [0.25, 0.3) is 0 Å². The highest BCUT2D eigenvalue weighted by Gasteiger charge is 2.20. The Balaban J connectivity index is 1.44. The van der Waals surface area contributed by atoms with Gasteiger partial charge in [-0.3, -0.25) is 9.79 Å². The fraction of sp³-hybridized carbons (Fsp3) is 0.429. The largest absolute Gasteiger partial charge is 0.363 e. The van der Waals surface area contributed by atoms with Crippen LogP contribution in [0.3, 0.4) is 0 Å². The number of piperidine rings is 1. The van der Waals surface area contributed by atoms with E-state index < -0.39 is 0 Å². The number of guanidine groups is 1. The van der Waals surface area contributed by atoms with Gasteiger partial charge in [-0.1, -0.05) is 23.7 Å². The molecule has 3 N–H and O–H groups in total. The van der Waals surface area contributed by atoms with E-state index in [0.717, 1.165) is 38.4 Å². The van der Waals surface area contributed by atoms with E-state index in [4.69, 9.17) is 11.6 Å². The van der Waals surface area contributed by atoms with Crippen molar-refractivity contribution in [3.05, 3.63) is 52.4 Å². The van der Waals surface area contributed by atoms with E-state index in [1.165, 1.54) is 5.00 Å². The van der Waals surface area contributed by atoms with Gasteiger partial charge in [-0.25, -0.2) is 0 Å². The predicted molar refractivity (Wildman–Crippen MR) is 122 cm³/mol. The Labute approximate surface area is 181 Å². The molecule has 1 saturated heterocycles. The van der Waals surface area contributed by atoms with Crippen molar-refractivity contribution in [2.75, 3.05) is 37.6 Å². The number of carbonyl (C=O) groups excluding carboxylic acids is 1. The van der Waals surface area contributed by atoms with Crippen LogP contribution < -0.4 is 20.9 Å². The molecule has 1 aromatic carbocycles. The number of anilines is 1. The molecule has 1 aliphatic rings. The second-order valence-corrected chi connectivity index (χ2v) is 8.19. The van der Waals surface area contributed by atoms with Crippen LogP contribution in [0.1, 0.15) is 30.1 Å². The number of amides is 1. The van der Waals surface area contributed by atoms with Gasteiger partial charge in [-0.15, -0.1) is 11.3 Å². The third kappa shape index (κ3) is 6.37. The second kappa shape index (κ2) is 11.1. The molecule has 1 aliphatic heterocycles. The van der Waals surface area contributed by atoms with Crippen molar-refractivity contribution >= 4 is 39.8 Å². The summed E-state index contributed by atoms with van der Waals surface area (Å²) in [4.78, 5) is 19.2. The fourth-order valence-corrected chi connectivity index (χ4v) is 4.29. The molecule has 1 amide bonds. The molecule has 2 aromatic rings. The van der Waals surface area contributed by atoms with E-state index in [1.54, 1.807) is 29.5 Å². The van der Waals surface area contributed by atoms with Gasteiger partial charge in [0, 0.05) is 32.2 Å². The Hall–Kier alpha value is -2.25. The molecule has 0 saturated carbocycles. The van der Waals surface area contributed by atoms with Crippen molar-refractivity contribution in [1.29, 1.82) is 0 Å². The van der Waals surface area contributed by atoms with Crippen molar-refractivity contribution in [2.45, 2.75) is 25.8 Å². The first-order valence-corrected chi connectivity index (χ1v) is 11.3. The first-order chi connectivity index (χ1) is 14.2. The first-order valence-electron chi connectivity index (χ1n) is 10.0. The van der Waals surface area contributed by atoms with Crippen LogP contribution in [-0.2, 0) is 0 Å². The highest BCUT2D eigenvalue weighted by atomic mass is 35.5. The van der Waals surface area contributed by atoms with Gasteiger partial charge < -0.3 is 20.9 Å². The maximum Gasteiger partial charge on any atom is 0.252 e. The number of benzene rings is 1. The zero-order valence-corrected chi connectivity index (χ0v) is 18.2. The number of hydrogen-bond donors (Lipinski definition) is 3. The Morgan fingerprint density at radius 3 is 2.69 bits per heavy atom. The molecule has 0 unspecified atom stereocenters. The molecular weight excluding hydrogens is 406 g/mol. The minimum absolute atomic E-state index is 0.176. The maximum atomic E-state index is 12.2. The van der Waals surface area contributed by atoms with Gasteiger partial charge in [0.15, 0.2) is 5.96 Å². The predicted octanol–water partition coefficient (Wildman–Crippen LogP) is 3.36. The SMILES string of the molecule is CCNC(=NCCNC(=O)c1ccccc1Cl)NC1CCN(c2cccs2)CC1. The minimum atomic E-state index is -0.176. The lowest BCUT2D eigenvalue weighted by atomic mass is 10.1. The number of rotatable bonds is 7. The molecule has 0 bridgehead atoms. The number of nitrogens with zero attached hydrogens (tertiary/aromatic N) is 2.